The van der Waals surface area contributed by atoms with Gasteiger partial charge in [-0.1, -0.05) is 0 Å². The van der Waals surface area contributed by atoms with Gasteiger partial charge in [-0.2, -0.15) is 0 Å². The Hall–Kier alpha value is -2.92. The Kier molecular flexibility index (Phi) is 6.99. The number of carbonyl (C=O) groups excluding carboxylic acids is 3. The monoisotopic (exact) mass is 462 g/mol. The Morgan fingerprint density at radius 2 is 1.94 bits per heavy atom. The van der Waals surface area contributed by atoms with Crippen molar-refractivity contribution in [3.63, 3.8) is 0 Å². The van der Waals surface area contributed by atoms with E-state index in [0.29, 0.717) is 50.6 Å². The third kappa shape index (κ3) is 5.53. The van der Waals surface area contributed by atoms with Crippen LogP contribution in [-0.4, -0.2) is 98.8 Å². The van der Waals surface area contributed by atoms with E-state index in [1.54, 1.807) is 12.1 Å². The number of cyclic esters (lactones) is 1. The summed E-state index contributed by atoms with van der Waals surface area (Å²) in [4.78, 5) is 42.9. The summed E-state index contributed by atoms with van der Waals surface area (Å²) in [5.41, 5.74) is 6.77. The fourth-order valence-corrected chi connectivity index (χ4v) is 4.47. The third-order valence-electron chi connectivity index (χ3n) is 6.34. The maximum Gasteiger partial charge on any atom is 0.414 e. The lowest BCUT2D eigenvalue weighted by Gasteiger charge is -2.36. The number of piperazine rings is 1. The van der Waals surface area contributed by atoms with Crippen molar-refractivity contribution in [2.75, 3.05) is 68.7 Å². The number of halogens is 1. The van der Waals surface area contributed by atoms with E-state index in [9.17, 15) is 18.8 Å². The van der Waals surface area contributed by atoms with Crippen molar-refractivity contribution < 1.29 is 23.5 Å². The van der Waals surface area contributed by atoms with Crippen molar-refractivity contribution in [1.29, 1.82) is 0 Å². The molecule has 180 valence electrons. The Labute approximate surface area is 192 Å². The number of anilines is 2. The molecule has 3 aliphatic rings. The number of nitrogens with two attached hydrogens (primary N) is 1. The van der Waals surface area contributed by atoms with Gasteiger partial charge in [0.15, 0.2) is 0 Å². The van der Waals surface area contributed by atoms with Crippen molar-refractivity contribution in [2.24, 2.45) is 5.73 Å². The first-order valence-corrected chi connectivity index (χ1v) is 11.3. The second-order valence-corrected chi connectivity index (χ2v) is 8.84. The number of benzene rings is 1. The van der Waals surface area contributed by atoms with Gasteiger partial charge in [0.05, 0.1) is 31.0 Å². The topological polar surface area (TPSA) is 111 Å². The molecule has 3 fully saturated rings. The minimum absolute atomic E-state index is 0.0715. The van der Waals surface area contributed by atoms with E-state index in [1.165, 1.54) is 17.9 Å². The van der Waals surface area contributed by atoms with Crippen LogP contribution in [0.15, 0.2) is 18.2 Å². The molecule has 1 aromatic carbocycles. The second kappa shape index (κ2) is 9.92. The number of rotatable bonds is 6. The average Bonchev–Trinajstić information content (AvgIpc) is 3.38. The van der Waals surface area contributed by atoms with Gasteiger partial charge in [0.25, 0.3) is 0 Å². The molecule has 0 aliphatic carbocycles. The highest BCUT2D eigenvalue weighted by Crippen LogP contribution is 2.28. The molecule has 0 unspecified atom stereocenters. The Morgan fingerprint density at radius 1 is 1.18 bits per heavy atom. The molecule has 10 nitrogen and oxygen atoms in total. The third-order valence-corrected chi connectivity index (χ3v) is 6.34. The molecule has 0 bridgehead atoms. The normalized spacial score (nSPS) is 23.7. The van der Waals surface area contributed by atoms with Crippen LogP contribution in [0.4, 0.5) is 20.6 Å². The summed E-state index contributed by atoms with van der Waals surface area (Å²) in [6.07, 6.45) is -0.189. The number of likely N-dealkylation sites (tertiary alicyclic amines) is 1. The summed E-state index contributed by atoms with van der Waals surface area (Å²) in [5, 5.41) is 2.62. The molecular formula is C22H31FN6O4. The van der Waals surface area contributed by atoms with Crippen molar-refractivity contribution in [2.45, 2.75) is 25.5 Å². The Bertz CT molecular complexity index is 907. The standard InChI is InChI=1S/C22H31FN6O4/c1-15(30)25-11-18-13-29(22(32)33-18)17-2-3-20(19(23)10-17)27-8-6-26(7-9-27)14-21(31)28-5-4-16(24)12-28/h2-3,10,16,18H,4-9,11-14,24H2,1H3,(H,25,30)/t16-,18+/m1/s1. The number of hydrogen-bond donors (Lipinski definition) is 2. The fraction of sp³-hybridized carbons (Fsp3) is 0.591. The van der Waals surface area contributed by atoms with E-state index < -0.39 is 18.0 Å². The number of ether oxygens (including phenoxy) is 1. The van der Waals surface area contributed by atoms with Crippen LogP contribution < -0.4 is 20.9 Å². The number of amides is 3. The van der Waals surface area contributed by atoms with Crippen LogP contribution in [0.1, 0.15) is 13.3 Å². The van der Waals surface area contributed by atoms with Crippen molar-refractivity contribution in [3.05, 3.63) is 24.0 Å². The minimum atomic E-state index is -0.560. The molecular weight excluding hydrogens is 431 g/mol. The van der Waals surface area contributed by atoms with Gasteiger partial charge in [0, 0.05) is 52.2 Å². The minimum Gasteiger partial charge on any atom is -0.442 e. The zero-order chi connectivity index (χ0) is 23.5. The van der Waals surface area contributed by atoms with Crippen molar-refractivity contribution >= 4 is 29.3 Å². The van der Waals surface area contributed by atoms with E-state index >= 15 is 0 Å². The molecule has 2 atom stereocenters. The lowest BCUT2D eigenvalue weighted by Crippen LogP contribution is -2.50. The second-order valence-electron chi connectivity index (χ2n) is 8.84. The van der Waals surface area contributed by atoms with E-state index in [1.807, 2.05) is 9.80 Å². The number of hydrogen-bond acceptors (Lipinski definition) is 7. The molecule has 4 rings (SSSR count). The molecule has 0 radical (unpaired) electrons. The van der Waals surface area contributed by atoms with Gasteiger partial charge in [-0.3, -0.25) is 19.4 Å². The van der Waals surface area contributed by atoms with Gasteiger partial charge in [-0.05, 0) is 24.6 Å². The van der Waals surface area contributed by atoms with Crippen molar-refractivity contribution in [1.82, 2.24) is 15.1 Å². The molecule has 0 aromatic heterocycles. The van der Waals surface area contributed by atoms with Gasteiger partial charge in [-0.15, -0.1) is 0 Å². The van der Waals surface area contributed by atoms with Crippen LogP contribution in [0.3, 0.4) is 0 Å². The predicted molar refractivity (Wildman–Crippen MR) is 121 cm³/mol. The van der Waals surface area contributed by atoms with Crippen molar-refractivity contribution in [3.8, 4) is 0 Å². The summed E-state index contributed by atoms with van der Waals surface area (Å²) in [5.74, 6) is -0.521. The quantitative estimate of drug-likeness (QED) is 0.611. The summed E-state index contributed by atoms with van der Waals surface area (Å²) in [6.45, 7) is 6.09. The lowest BCUT2D eigenvalue weighted by atomic mass is 10.2. The highest BCUT2D eigenvalue weighted by atomic mass is 19.1. The largest absolute Gasteiger partial charge is 0.442 e. The van der Waals surface area contributed by atoms with Gasteiger partial charge >= 0.3 is 6.09 Å². The van der Waals surface area contributed by atoms with Crippen LogP contribution in [-0.2, 0) is 14.3 Å². The van der Waals surface area contributed by atoms with E-state index in [-0.39, 0.29) is 30.9 Å². The fourth-order valence-electron chi connectivity index (χ4n) is 4.47. The molecule has 3 N–H and O–H groups in total. The molecule has 3 aliphatic heterocycles. The van der Waals surface area contributed by atoms with Crippen LogP contribution in [0.25, 0.3) is 0 Å². The predicted octanol–water partition coefficient (Wildman–Crippen LogP) is -0.0314. The van der Waals surface area contributed by atoms with Gasteiger partial charge < -0.3 is 25.6 Å². The van der Waals surface area contributed by atoms with Gasteiger partial charge in [0.2, 0.25) is 11.8 Å². The smallest absolute Gasteiger partial charge is 0.414 e. The lowest BCUT2D eigenvalue weighted by molar-refractivity contribution is -0.131. The molecule has 0 spiro atoms. The van der Waals surface area contributed by atoms with E-state index in [2.05, 4.69) is 10.2 Å². The zero-order valence-corrected chi connectivity index (χ0v) is 18.8. The first-order valence-electron chi connectivity index (χ1n) is 11.3. The SMILES string of the molecule is CC(=O)NC[C@H]1CN(c2ccc(N3CCN(CC(=O)N4CC[C@@H](N)C4)CC3)c(F)c2)C(=O)O1. The molecule has 3 amide bonds. The van der Waals surface area contributed by atoms with Gasteiger partial charge in [0.1, 0.15) is 11.9 Å². The number of nitrogens with one attached hydrogen (secondary N) is 1. The highest BCUT2D eigenvalue weighted by molar-refractivity contribution is 5.90. The average molecular weight is 463 g/mol. The summed E-state index contributed by atoms with van der Waals surface area (Å²) >= 11 is 0. The molecule has 1 aromatic rings. The van der Waals surface area contributed by atoms with E-state index in [4.69, 9.17) is 10.5 Å². The molecule has 33 heavy (non-hydrogen) atoms. The molecule has 3 heterocycles. The first kappa shape index (κ1) is 23.2. The first-order chi connectivity index (χ1) is 15.8. The maximum atomic E-state index is 15.0. The molecule has 3 saturated heterocycles. The maximum absolute atomic E-state index is 15.0. The molecule has 11 heteroatoms. The zero-order valence-electron chi connectivity index (χ0n) is 18.8. The van der Waals surface area contributed by atoms with E-state index in [0.717, 1.165) is 13.0 Å². The Balaban J connectivity index is 1.30. The van der Waals surface area contributed by atoms with Crippen LogP contribution in [0, 0.1) is 5.82 Å². The number of nitrogens with zero attached hydrogens (tertiary/aromatic N) is 4. The Morgan fingerprint density at radius 3 is 2.58 bits per heavy atom. The molecule has 0 saturated carbocycles. The summed E-state index contributed by atoms with van der Waals surface area (Å²) in [6, 6.07) is 4.78. The van der Waals surface area contributed by atoms with Crippen LogP contribution in [0.2, 0.25) is 0 Å². The highest BCUT2D eigenvalue weighted by Gasteiger charge is 2.33. The van der Waals surface area contributed by atoms with Gasteiger partial charge in [-0.25, -0.2) is 9.18 Å². The number of carbonyl (C=O) groups is 3. The van der Waals surface area contributed by atoms with Crippen LogP contribution in [0.5, 0.6) is 0 Å². The summed E-state index contributed by atoms with van der Waals surface area (Å²) < 4.78 is 20.2. The van der Waals surface area contributed by atoms with Crippen LogP contribution >= 0.6 is 0 Å². The summed E-state index contributed by atoms with van der Waals surface area (Å²) in [7, 11) is 0.